The third-order valence-electron chi connectivity index (χ3n) is 1.89. The van der Waals surface area contributed by atoms with E-state index in [1.807, 2.05) is 0 Å². The number of aromatic hydroxyl groups is 1. The van der Waals surface area contributed by atoms with Crippen molar-refractivity contribution in [1.82, 2.24) is 0 Å². The molecule has 1 rings (SSSR count). The summed E-state index contributed by atoms with van der Waals surface area (Å²) >= 11 is 0. The Kier molecular flexibility index (Phi) is 4.32. The molecule has 0 fully saturated rings. The number of phenols is 1. The Morgan fingerprint density at radius 3 is 2.62 bits per heavy atom. The van der Waals surface area contributed by atoms with Crippen LogP contribution in [0.5, 0.6) is 11.5 Å². The maximum atomic E-state index is 10.4. The molecule has 0 spiro atoms. The minimum atomic E-state index is -4.41. The molecule has 90 valence electrons. The smallest absolute Gasteiger partial charge is 0.469 e. The standard InChI is InChI=1S/C9H13O6P/c1-14-9-6-7(2-3-8(9)10)4-5-15-16(11,12)13/h2-3,6,10H,4-5H2,1H3,(H2,11,12,13). The molecule has 0 bridgehead atoms. The topological polar surface area (TPSA) is 96.2 Å². The van der Waals surface area contributed by atoms with E-state index >= 15 is 0 Å². The van der Waals surface area contributed by atoms with Crippen molar-refractivity contribution in [3.8, 4) is 11.5 Å². The molecule has 1 aromatic rings. The zero-order chi connectivity index (χ0) is 12.2. The quantitative estimate of drug-likeness (QED) is 0.674. The molecule has 0 aliphatic rings. The molecule has 6 nitrogen and oxygen atoms in total. The number of benzene rings is 1. The average Bonchev–Trinajstić information content (AvgIpc) is 2.18. The number of phosphoric ester groups is 1. The van der Waals surface area contributed by atoms with Gasteiger partial charge in [0.05, 0.1) is 13.7 Å². The van der Waals surface area contributed by atoms with Crippen LogP contribution >= 0.6 is 7.82 Å². The van der Waals surface area contributed by atoms with Crippen molar-refractivity contribution < 1.29 is 28.7 Å². The van der Waals surface area contributed by atoms with Gasteiger partial charge in [0, 0.05) is 0 Å². The van der Waals surface area contributed by atoms with Crippen LogP contribution in [-0.4, -0.2) is 28.6 Å². The third kappa shape index (κ3) is 4.20. The fourth-order valence-electron chi connectivity index (χ4n) is 1.16. The van der Waals surface area contributed by atoms with Crippen LogP contribution < -0.4 is 4.74 Å². The first kappa shape index (κ1) is 13.0. The van der Waals surface area contributed by atoms with Gasteiger partial charge >= 0.3 is 7.82 Å². The highest BCUT2D eigenvalue weighted by molar-refractivity contribution is 7.46. The lowest BCUT2D eigenvalue weighted by molar-refractivity contribution is 0.199. The summed E-state index contributed by atoms with van der Waals surface area (Å²) in [4.78, 5) is 16.9. The van der Waals surface area contributed by atoms with Crippen LogP contribution in [0, 0.1) is 0 Å². The molecule has 0 aliphatic heterocycles. The number of methoxy groups -OCH3 is 1. The van der Waals surface area contributed by atoms with Gasteiger partial charge in [0.2, 0.25) is 0 Å². The highest BCUT2D eigenvalue weighted by Gasteiger charge is 2.13. The Morgan fingerprint density at radius 1 is 1.38 bits per heavy atom. The van der Waals surface area contributed by atoms with Crippen LogP contribution in [0.1, 0.15) is 5.56 Å². The van der Waals surface area contributed by atoms with E-state index in [2.05, 4.69) is 4.52 Å². The fraction of sp³-hybridized carbons (Fsp3) is 0.333. The Hall–Kier alpha value is -1.07. The largest absolute Gasteiger partial charge is 0.504 e. The molecule has 0 unspecified atom stereocenters. The molecule has 0 radical (unpaired) electrons. The van der Waals surface area contributed by atoms with Gasteiger partial charge in [0.15, 0.2) is 11.5 Å². The summed E-state index contributed by atoms with van der Waals surface area (Å²) < 4.78 is 19.6. The van der Waals surface area contributed by atoms with Crippen LogP contribution in [0.15, 0.2) is 18.2 Å². The molecule has 0 amide bonds. The molecule has 0 heterocycles. The van der Waals surface area contributed by atoms with Crippen LogP contribution in [0.4, 0.5) is 0 Å². The van der Waals surface area contributed by atoms with E-state index < -0.39 is 7.82 Å². The number of hydrogen-bond donors (Lipinski definition) is 3. The van der Waals surface area contributed by atoms with E-state index in [-0.39, 0.29) is 12.4 Å². The van der Waals surface area contributed by atoms with Gasteiger partial charge in [-0.05, 0) is 24.1 Å². The van der Waals surface area contributed by atoms with Gasteiger partial charge in [-0.2, -0.15) is 0 Å². The van der Waals surface area contributed by atoms with Gasteiger partial charge in [-0.3, -0.25) is 4.52 Å². The number of phenolic OH excluding ortho intramolecular Hbond substituents is 1. The average molecular weight is 248 g/mol. The van der Waals surface area contributed by atoms with Crippen molar-refractivity contribution >= 4 is 7.82 Å². The molecule has 0 aliphatic carbocycles. The van der Waals surface area contributed by atoms with Crippen LogP contribution in [0.25, 0.3) is 0 Å². The van der Waals surface area contributed by atoms with Crippen molar-refractivity contribution in [2.45, 2.75) is 6.42 Å². The van der Waals surface area contributed by atoms with E-state index in [1.54, 1.807) is 12.1 Å². The van der Waals surface area contributed by atoms with Gasteiger partial charge in [-0.15, -0.1) is 0 Å². The Bertz CT molecular complexity index is 399. The SMILES string of the molecule is COc1cc(CCOP(=O)(O)O)ccc1O. The van der Waals surface area contributed by atoms with Crippen LogP contribution in [0.3, 0.4) is 0 Å². The summed E-state index contributed by atoms with van der Waals surface area (Å²) in [6.45, 7) is -0.0990. The molecular weight excluding hydrogens is 235 g/mol. The van der Waals surface area contributed by atoms with Gasteiger partial charge in [0.25, 0.3) is 0 Å². The normalized spacial score (nSPS) is 11.4. The first-order valence-electron chi connectivity index (χ1n) is 4.48. The molecule has 0 saturated carbocycles. The Balaban J connectivity index is 2.58. The first-order valence-corrected chi connectivity index (χ1v) is 6.01. The third-order valence-corrected chi connectivity index (χ3v) is 2.41. The van der Waals surface area contributed by atoms with Crippen LogP contribution in [0.2, 0.25) is 0 Å². The van der Waals surface area contributed by atoms with E-state index in [4.69, 9.17) is 14.5 Å². The minimum absolute atomic E-state index is 0.0159. The zero-order valence-corrected chi connectivity index (χ0v) is 9.55. The maximum Gasteiger partial charge on any atom is 0.469 e. The molecular formula is C9H13O6P. The highest BCUT2D eigenvalue weighted by atomic mass is 31.2. The van der Waals surface area contributed by atoms with Gasteiger partial charge in [-0.1, -0.05) is 6.07 Å². The summed E-state index contributed by atoms with van der Waals surface area (Å²) in [5.41, 5.74) is 0.753. The second kappa shape index (κ2) is 5.32. The zero-order valence-electron chi connectivity index (χ0n) is 8.66. The summed E-state index contributed by atoms with van der Waals surface area (Å²) in [6, 6.07) is 4.66. The minimum Gasteiger partial charge on any atom is -0.504 e. The van der Waals surface area contributed by atoms with E-state index in [0.29, 0.717) is 12.2 Å². The van der Waals surface area contributed by atoms with E-state index in [9.17, 15) is 9.67 Å². The summed E-state index contributed by atoms with van der Waals surface area (Å²) in [7, 11) is -2.99. The fourth-order valence-corrected chi connectivity index (χ4v) is 1.49. The van der Waals surface area contributed by atoms with Crippen molar-refractivity contribution in [2.75, 3.05) is 13.7 Å². The van der Waals surface area contributed by atoms with Gasteiger partial charge in [-0.25, -0.2) is 4.57 Å². The maximum absolute atomic E-state index is 10.4. The second-order valence-electron chi connectivity index (χ2n) is 3.08. The molecule has 7 heteroatoms. The lowest BCUT2D eigenvalue weighted by Crippen LogP contribution is -1.97. The highest BCUT2D eigenvalue weighted by Crippen LogP contribution is 2.35. The summed E-state index contributed by atoms with van der Waals surface area (Å²) in [5.74, 6) is 0.329. The van der Waals surface area contributed by atoms with Gasteiger partial charge < -0.3 is 19.6 Å². The second-order valence-corrected chi connectivity index (χ2v) is 4.32. The first-order chi connectivity index (χ1) is 7.42. The lowest BCUT2D eigenvalue weighted by atomic mass is 10.1. The number of rotatable bonds is 5. The van der Waals surface area contributed by atoms with Crippen LogP contribution in [-0.2, 0) is 15.5 Å². The number of phosphoric acid groups is 1. The number of ether oxygens (including phenoxy) is 1. The lowest BCUT2D eigenvalue weighted by Gasteiger charge is -2.07. The van der Waals surface area contributed by atoms with Gasteiger partial charge in [0.1, 0.15) is 0 Å². The predicted octanol–water partition coefficient (Wildman–Crippen LogP) is 1.05. The molecule has 16 heavy (non-hydrogen) atoms. The van der Waals surface area contributed by atoms with Crippen molar-refractivity contribution in [3.63, 3.8) is 0 Å². The summed E-state index contributed by atoms with van der Waals surface area (Å²) in [6.07, 6.45) is 0.321. The predicted molar refractivity (Wildman–Crippen MR) is 56.4 cm³/mol. The molecule has 3 N–H and O–H groups in total. The Morgan fingerprint density at radius 2 is 2.06 bits per heavy atom. The number of hydrogen-bond acceptors (Lipinski definition) is 4. The van der Waals surface area contributed by atoms with E-state index in [0.717, 1.165) is 5.56 Å². The van der Waals surface area contributed by atoms with E-state index in [1.165, 1.54) is 13.2 Å². The van der Waals surface area contributed by atoms with Crippen molar-refractivity contribution in [2.24, 2.45) is 0 Å². The summed E-state index contributed by atoms with van der Waals surface area (Å²) in [5, 5.41) is 9.31. The molecule has 0 atom stereocenters. The van der Waals surface area contributed by atoms with Crippen molar-refractivity contribution in [3.05, 3.63) is 23.8 Å². The molecule has 0 aromatic heterocycles. The molecule has 0 saturated heterocycles. The monoisotopic (exact) mass is 248 g/mol. The van der Waals surface area contributed by atoms with Crippen molar-refractivity contribution in [1.29, 1.82) is 0 Å². The Labute approximate surface area is 92.7 Å². The molecule has 1 aromatic carbocycles.